The Kier molecular flexibility index (Phi) is 4.72. The van der Waals surface area contributed by atoms with Gasteiger partial charge in [-0.25, -0.2) is 14.0 Å². The average Bonchev–Trinajstić information content (AvgIpc) is 2.41. The van der Waals surface area contributed by atoms with Crippen molar-refractivity contribution in [3.63, 3.8) is 0 Å². The Labute approximate surface area is 126 Å². The lowest BCUT2D eigenvalue weighted by molar-refractivity contribution is 0.0693. The van der Waals surface area contributed by atoms with Gasteiger partial charge in [0, 0.05) is 23.6 Å². The molecular weight excluding hydrogens is 295 g/mol. The highest BCUT2D eigenvalue weighted by atomic mass is 32.2. The standard InChI is InChI=1S/C14H17FN2O3S/c1-8-9(2)21-7-6-17(8)14(20)16-11-5-3-4-10(15)12(11)13(18)19/h3-5,8-9H,6-7H2,1-2H3,(H,16,20)(H,18,19). The maximum Gasteiger partial charge on any atom is 0.340 e. The minimum Gasteiger partial charge on any atom is -0.478 e. The smallest absolute Gasteiger partial charge is 0.340 e. The lowest BCUT2D eigenvalue weighted by atomic mass is 10.1. The number of nitrogens with zero attached hydrogens (tertiary/aromatic N) is 1. The number of aromatic carboxylic acids is 1. The molecule has 2 unspecified atom stereocenters. The molecule has 1 aliphatic rings. The lowest BCUT2D eigenvalue weighted by Gasteiger charge is -2.37. The van der Waals surface area contributed by atoms with Crippen LogP contribution in [0.15, 0.2) is 18.2 Å². The molecule has 0 radical (unpaired) electrons. The van der Waals surface area contributed by atoms with Crippen LogP contribution in [0, 0.1) is 5.82 Å². The van der Waals surface area contributed by atoms with Gasteiger partial charge in [-0.15, -0.1) is 0 Å². The Morgan fingerprint density at radius 1 is 1.43 bits per heavy atom. The molecule has 21 heavy (non-hydrogen) atoms. The Hall–Kier alpha value is -1.76. The number of amides is 2. The quantitative estimate of drug-likeness (QED) is 0.881. The summed E-state index contributed by atoms with van der Waals surface area (Å²) >= 11 is 1.79. The van der Waals surface area contributed by atoms with Crippen molar-refractivity contribution in [2.45, 2.75) is 25.1 Å². The molecule has 0 spiro atoms. The lowest BCUT2D eigenvalue weighted by Crippen LogP contribution is -2.49. The van der Waals surface area contributed by atoms with Crippen LogP contribution in [0.25, 0.3) is 0 Å². The number of thioether (sulfide) groups is 1. The van der Waals surface area contributed by atoms with Crippen molar-refractivity contribution in [1.82, 2.24) is 4.90 Å². The molecule has 2 rings (SSSR count). The first-order valence-corrected chi connectivity index (χ1v) is 7.67. The molecule has 5 nitrogen and oxygen atoms in total. The molecule has 1 saturated heterocycles. The molecule has 1 heterocycles. The molecule has 2 amide bonds. The summed E-state index contributed by atoms with van der Waals surface area (Å²) in [6.45, 7) is 4.57. The summed E-state index contributed by atoms with van der Waals surface area (Å²) in [4.78, 5) is 25.1. The number of carbonyl (C=O) groups excluding carboxylic acids is 1. The molecular formula is C14H17FN2O3S. The second-order valence-corrected chi connectivity index (χ2v) is 6.39. The number of anilines is 1. The summed E-state index contributed by atoms with van der Waals surface area (Å²) in [6.07, 6.45) is 0. The van der Waals surface area contributed by atoms with E-state index in [0.29, 0.717) is 11.8 Å². The minimum atomic E-state index is -1.40. The van der Waals surface area contributed by atoms with E-state index in [1.807, 2.05) is 13.8 Å². The van der Waals surface area contributed by atoms with Gasteiger partial charge in [-0.05, 0) is 19.1 Å². The summed E-state index contributed by atoms with van der Waals surface area (Å²) in [5.74, 6) is -1.44. The van der Waals surface area contributed by atoms with Crippen LogP contribution in [-0.4, -0.2) is 45.6 Å². The van der Waals surface area contributed by atoms with Crippen molar-refractivity contribution in [3.05, 3.63) is 29.6 Å². The van der Waals surface area contributed by atoms with Crippen LogP contribution >= 0.6 is 11.8 Å². The van der Waals surface area contributed by atoms with Gasteiger partial charge in [-0.2, -0.15) is 11.8 Å². The highest BCUT2D eigenvalue weighted by molar-refractivity contribution is 8.00. The van der Waals surface area contributed by atoms with Crippen molar-refractivity contribution >= 4 is 29.4 Å². The third-order valence-corrected chi connectivity index (χ3v) is 4.95. The van der Waals surface area contributed by atoms with Crippen molar-refractivity contribution < 1.29 is 19.1 Å². The number of carboxylic acids is 1. The number of urea groups is 1. The molecule has 0 bridgehead atoms. The minimum absolute atomic E-state index is 0.0226. The molecule has 114 valence electrons. The van der Waals surface area contributed by atoms with Crippen LogP contribution in [0.5, 0.6) is 0 Å². The van der Waals surface area contributed by atoms with Crippen LogP contribution < -0.4 is 5.32 Å². The molecule has 1 aliphatic heterocycles. The predicted molar refractivity (Wildman–Crippen MR) is 80.5 cm³/mol. The molecule has 0 saturated carbocycles. The predicted octanol–water partition coefficient (Wildman–Crippen LogP) is 2.88. The molecule has 7 heteroatoms. The molecule has 1 aromatic carbocycles. The van der Waals surface area contributed by atoms with E-state index in [4.69, 9.17) is 5.11 Å². The van der Waals surface area contributed by atoms with E-state index in [9.17, 15) is 14.0 Å². The second kappa shape index (κ2) is 6.34. The number of hydrogen-bond acceptors (Lipinski definition) is 3. The SMILES string of the molecule is CC1SCCN(C(=O)Nc2cccc(F)c2C(=O)O)C1C. The van der Waals surface area contributed by atoms with E-state index in [-0.39, 0.29) is 11.7 Å². The highest BCUT2D eigenvalue weighted by Crippen LogP contribution is 2.26. The van der Waals surface area contributed by atoms with Gasteiger partial charge >= 0.3 is 12.0 Å². The molecule has 2 atom stereocenters. The van der Waals surface area contributed by atoms with Crippen LogP contribution in [-0.2, 0) is 0 Å². The summed E-state index contributed by atoms with van der Waals surface area (Å²) in [7, 11) is 0. The van der Waals surface area contributed by atoms with Gasteiger partial charge in [-0.1, -0.05) is 13.0 Å². The Morgan fingerprint density at radius 2 is 2.14 bits per heavy atom. The zero-order chi connectivity index (χ0) is 15.6. The number of benzene rings is 1. The number of halogens is 1. The van der Waals surface area contributed by atoms with Crippen molar-refractivity contribution in [2.24, 2.45) is 0 Å². The topological polar surface area (TPSA) is 69.6 Å². The van der Waals surface area contributed by atoms with Crippen molar-refractivity contribution in [1.29, 1.82) is 0 Å². The van der Waals surface area contributed by atoms with E-state index < -0.39 is 23.4 Å². The van der Waals surface area contributed by atoms with E-state index >= 15 is 0 Å². The zero-order valence-electron chi connectivity index (χ0n) is 11.8. The Morgan fingerprint density at radius 3 is 2.81 bits per heavy atom. The Balaban J connectivity index is 2.20. The van der Waals surface area contributed by atoms with Gasteiger partial charge in [0.1, 0.15) is 11.4 Å². The first kappa shape index (κ1) is 15.6. The van der Waals surface area contributed by atoms with E-state index in [1.165, 1.54) is 12.1 Å². The summed E-state index contributed by atoms with van der Waals surface area (Å²) in [6, 6.07) is 3.45. The number of rotatable bonds is 2. The summed E-state index contributed by atoms with van der Waals surface area (Å²) in [5.41, 5.74) is -0.538. The van der Waals surface area contributed by atoms with Crippen molar-refractivity contribution in [3.8, 4) is 0 Å². The van der Waals surface area contributed by atoms with E-state index in [1.54, 1.807) is 16.7 Å². The fraction of sp³-hybridized carbons (Fsp3) is 0.429. The van der Waals surface area contributed by atoms with Gasteiger partial charge in [0.2, 0.25) is 0 Å². The van der Waals surface area contributed by atoms with Crippen LogP contribution in [0.4, 0.5) is 14.9 Å². The van der Waals surface area contributed by atoms with Crippen LogP contribution in [0.3, 0.4) is 0 Å². The Bertz CT molecular complexity index is 567. The fourth-order valence-corrected chi connectivity index (χ4v) is 3.35. The number of hydrogen-bond donors (Lipinski definition) is 2. The van der Waals surface area contributed by atoms with E-state index in [0.717, 1.165) is 11.8 Å². The summed E-state index contributed by atoms with van der Waals surface area (Å²) < 4.78 is 13.6. The third-order valence-electron chi connectivity index (χ3n) is 3.61. The van der Waals surface area contributed by atoms with Crippen molar-refractivity contribution in [2.75, 3.05) is 17.6 Å². The molecule has 1 fully saturated rings. The highest BCUT2D eigenvalue weighted by Gasteiger charge is 2.29. The molecule has 2 N–H and O–H groups in total. The van der Waals surface area contributed by atoms with Gasteiger partial charge in [0.15, 0.2) is 0 Å². The first-order valence-electron chi connectivity index (χ1n) is 6.63. The largest absolute Gasteiger partial charge is 0.478 e. The van der Waals surface area contributed by atoms with Gasteiger partial charge in [0.05, 0.1) is 5.69 Å². The third kappa shape index (κ3) is 3.29. The average molecular weight is 312 g/mol. The molecule has 1 aromatic rings. The maximum absolute atomic E-state index is 13.6. The fourth-order valence-electron chi connectivity index (χ4n) is 2.25. The van der Waals surface area contributed by atoms with E-state index in [2.05, 4.69) is 5.32 Å². The van der Waals surface area contributed by atoms with Gasteiger partial charge < -0.3 is 15.3 Å². The van der Waals surface area contributed by atoms with Gasteiger partial charge in [-0.3, -0.25) is 0 Å². The maximum atomic E-state index is 13.6. The number of nitrogens with one attached hydrogen (secondary N) is 1. The van der Waals surface area contributed by atoms with Gasteiger partial charge in [0.25, 0.3) is 0 Å². The monoisotopic (exact) mass is 312 g/mol. The molecule has 0 aliphatic carbocycles. The van der Waals surface area contributed by atoms with Crippen LogP contribution in [0.2, 0.25) is 0 Å². The second-order valence-electron chi connectivity index (χ2n) is 4.91. The number of carboxylic acid groups (broad SMARTS) is 1. The summed E-state index contributed by atoms with van der Waals surface area (Å²) in [5, 5.41) is 11.9. The first-order chi connectivity index (χ1) is 9.91. The number of carbonyl (C=O) groups is 2. The molecule has 0 aromatic heterocycles. The zero-order valence-corrected chi connectivity index (χ0v) is 12.6. The van der Waals surface area contributed by atoms with Crippen LogP contribution in [0.1, 0.15) is 24.2 Å². The normalized spacial score (nSPS) is 22.0.